The topological polar surface area (TPSA) is 26.0 Å². The predicted molar refractivity (Wildman–Crippen MR) is 67.5 cm³/mol. The van der Waals surface area contributed by atoms with Crippen molar-refractivity contribution in [3.8, 4) is 0 Å². The van der Waals surface area contributed by atoms with E-state index in [1.165, 1.54) is 6.07 Å². The van der Waals surface area contributed by atoms with E-state index in [1.54, 1.807) is 0 Å². The van der Waals surface area contributed by atoms with Crippen molar-refractivity contribution in [3.05, 3.63) is 34.3 Å². The van der Waals surface area contributed by atoms with Crippen molar-refractivity contribution in [2.45, 2.75) is 44.8 Å². The lowest BCUT2D eigenvalue weighted by Crippen LogP contribution is -2.13. The first-order chi connectivity index (χ1) is 8.36. The van der Waals surface area contributed by atoms with E-state index >= 15 is 0 Å². The van der Waals surface area contributed by atoms with E-state index in [2.05, 4.69) is 6.92 Å². The summed E-state index contributed by atoms with van der Waals surface area (Å²) in [5.41, 5.74) is 5.57. The Balaban J connectivity index is 2.86. The molecule has 0 amide bonds. The van der Waals surface area contributed by atoms with E-state index in [0.29, 0.717) is 17.0 Å². The first-order valence-electron chi connectivity index (χ1n) is 5.98. The lowest BCUT2D eigenvalue weighted by atomic mass is 9.99. The Morgan fingerprint density at radius 1 is 1.28 bits per heavy atom. The minimum absolute atomic E-state index is 0.298. The molecular weight excluding hydrogens is 263 g/mol. The van der Waals surface area contributed by atoms with Crippen molar-refractivity contribution in [2.24, 2.45) is 5.73 Å². The molecular formula is C13H17ClF3N. The molecule has 1 aromatic rings. The average Bonchev–Trinajstić information content (AvgIpc) is 2.28. The van der Waals surface area contributed by atoms with Crippen LogP contribution in [-0.2, 0) is 6.18 Å². The number of nitrogens with two attached hydrogens (primary N) is 1. The number of hydrogen-bond acceptors (Lipinski definition) is 1. The molecule has 0 heterocycles. The highest BCUT2D eigenvalue weighted by molar-refractivity contribution is 6.31. The summed E-state index contributed by atoms with van der Waals surface area (Å²) in [5.74, 6) is 0. The van der Waals surface area contributed by atoms with Crippen LogP contribution in [0.25, 0.3) is 0 Å². The maximum absolute atomic E-state index is 12.6. The Morgan fingerprint density at radius 2 is 1.94 bits per heavy atom. The zero-order valence-electron chi connectivity index (χ0n) is 10.2. The maximum atomic E-state index is 12.6. The molecule has 0 spiro atoms. The largest absolute Gasteiger partial charge is 0.416 e. The van der Waals surface area contributed by atoms with Crippen molar-refractivity contribution in [1.82, 2.24) is 0 Å². The molecule has 0 radical (unpaired) electrons. The fourth-order valence-corrected chi connectivity index (χ4v) is 2.03. The number of halogens is 4. The number of benzene rings is 1. The van der Waals surface area contributed by atoms with Gasteiger partial charge in [0, 0.05) is 11.1 Å². The fraction of sp³-hybridized carbons (Fsp3) is 0.538. The number of rotatable bonds is 5. The molecule has 0 aliphatic rings. The quantitative estimate of drug-likeness (QED) is 0.759. The minimum atomic E-state index is -4.36. The van der Waals surface area contributed by atoms with E-state index in [1.807, 2.05) is 0 Å². The first-order valence-corrected chi connectivity index (χ1v) is 6.36. The number of hydrogen-bond donors (Lipinski definition) is 1. The highest BCUT2D eigenvalue weighted by atomic mass is 35.5. The van der Waals surface area contributed by atoms with E-state index < -0.39 is 17.8 Å². The summed E-state index contributed by atoms with van der Waals surface area (Å²) < 4.78 is 37.8. The Labute approximate surface area is 110 Å². The molecule has 102 valence electrons. The van der Waals surface area contributed by atoms with Crippen LogP contribution in [0.15, 0.2) is 18.2 Å². The van der Waals surface area contributed by atoms with Crippen molar-refractivity contribution >= 4 is 11.6 Å². The van der Waals surface area contributed by atoms with E-state index in [4.69, 9.17) is 17.3 Å². The summed E-state index contributed by atoms with van der Waals surface area (Å²) in [6.07, 6.45) is -0.755. The highest BCUT2D eigenvalue weighted by Crippen LogP contribution is 2.34. The van der Waals surface area contributed by atoms with Crippen LogP contribution in [0, 0.1) is 0 Å². The van der Waals surface area contributed by atoms with Gasteiger partial charge in [-0.15, -0.1) is 0 Å². The Bertz CT molecular complexity index is 390. The van der Waals surface area contributed by atoms with Crippen LogP contribution in [0.5, 0.6) is 0 Å². The standard InChI is InChI=1S/C13H17ClF3N/c1-2-3-4-5-12(18)10-8-9(13(15,16)17)6-7-11(10)14/h6-8,12H,2-5,18H2,1H3/t12-/m1/s1. The SMILES string of the molecule is CCCCC[C@@H](N)c1cc(C(F)(F)F)ccc1Cl. The summed E-state index contributed by atoms with van der Waals surface area (Å²) in [6, 6.07) is 2.86. The average molecular weight is 280 g/mol. The van der Waals surface area contributed by atoms with Crippen LogP contribution >= 0.6 is 11.6 Å². The summed E-state index contributed by atoms with van der Waals surface area (Å²) in [4.78, 5) is 0. The van der Waals surface area contributed by atoms with Gasteiger partial charge in [0.25, 0.3) is 0 Å². The molecule has 1 aromatic carbocycles. The van der Waals surface area contributed by atoms with Gasteiger partial charge in [-0.25, -0.2) is 0 Å². The van der Waals surface area contributed by atoms with Crippen molar-refractivity contribution in [3.63, 3.8) is 0 Å². The smallest absolute Gasteiger partial charge is 0.324 e. The van der Waals surface area contributed by atoms with E-state index in [-0.39, 0.29) is 0 Å². The molecule has 1 nitrogen and oxygen atoms in total. The molecule has 0 unspecified atom stereocenters. The van der Waals surface area contributed by atoms with Gasteiger partial charge >= 0.3 is 6.18 Å². The van der Waals surface area contributed by atoms with Gasteiger partial charge in [-0.05, 0) is 30.2 Å². The second kappa shape index (κ2) is 6.43. The molecule has 5 heteroatoms. The third kappa shape index (κ3) is 4.18. The third-order valence-corrected chi connectivity index (χ3v) is 3.19. The van der Waals surface area contributed by atoms with Gasteiger partial charge < -0.3 is 5.73 Å². The molecule has 0 bridgehead atoms. The molecule has 18 heavy (non-hydrogen) atoms. The zero-order valence-corrected chi connectivity index (χ0v) is 11.0. The minimum Gasteiger partial charge on any atom is -0.324 e. The molecule has 0 aromatic heterocycles. The van der Waals surface area contributed by atoms with Gasteiger partial charge in [0.15, 0.2) is 0 Å². The normalized spacial score (nSPS) is 13.7. The summed E-state index contributed by atoms with van der Waals surface area (Å²) in [6.45, 7) is 2.06. The van der Waals surface area contributed by atoms with Crippen LogP contribution in [-0.4, -0.2) is 0 Å². The second-order valence-corrected chi connectivity index (χ2v) is 4.74. The third-order valence-electron chi connectivity index (χ3n) is 2.84. The van der Waals surface area contributed by atoms with Gasteiger partial charge in [-0.1, -0.05) is 37.8 Å². The second-order valence-electron chi connectivity index (χ2n) is 4.34. The van der Waals surface area contributed by atoms with Gasteiger partial charge in [0.2, 0.25) is 0 Å². The lowest BCUT2D eigenvalue weighted by molar-refractivity contribution is -0.137. The maximum Gasteiger partial charge on any atom is 0.416 e. The van der Waals surface area contributed by atoms with Gasteiger partial charge in [0.1, 0.15) is 0 Å². The molecule has 1 rings (SSSR count). The molecule has 0 saturated heterocycles. The summed E-state index contributed by atoms with van der Waals surface area (Å²) in [5, 5.41) is 0.298. The Kier molecular flexibility index (Phi) is 5.47. The first kappa shape index (κ1) is 15.3. The molecule has 0 aliphatic carbocycles. The molecule has 2 N–H and O–H groups in total. The molecule has 0 saturated carbocycles. The van der Waals surface area contributed by atoms with Crippen LogP contribution in [0.1, 0.15) is 49.8 Å². The van der Waals surface area contributed by atoms with Crippen LogP contribution in [0.4, 0.5) is 13.2 Å². The number of alkyl halides is 3. The van der Waals surface area contributed by atoms with E-state index in [0.717, 1.165) is 31.4 Å². The lowest BCUT2D eigenvalue weighted by Gasteiger charge is -2.16. The van der Waals surface area contributed by atoms with Crippen molar-refractivity contribution in [1.29, 1.82) is 0 Å². The summed E-state index contributed by atoms with van der Waals surface area (Å²) >= 11 is 5.91. The fourth-order valence-electron chi connectivity index (χ4n) is 1.77. The Hall–Kier alpha value is -0.740. The van der Waals surface area contributed by atoms with Crippen LogP contribution in [0.3, 0.4) is 0 Å². The molecule has 0 fully saturated rings. The Morgan fingerprint density at radius 3 is 2.50 bits per heavy atom. The van der Waals surface area contributed by atoms with Crippen LogP contribution in [0.2, 0.25) is 5.02 Å². The number of unbranched alkanes of at least 4 members (excludes halogenated alkanes) is 2. The molecule has 1 atom stereocenters. The highest BCUT2D eigenvalue weighted by Gasteiger charge is 2.31. The van der Waals surface area contributed by atoms with Crippen molar-refractivity contribution in [2.75, 3.05) is 0 Å². The van der Waals surface area contributed by atoms with Crippen molar-refractivity contribution < 1.29 is 13.2 Å². The van der Waals surface area contributed by atoms with Crippen LogP contribution < -0.4 is 5.73 Å². The molecule has 0 aliphatic heterocycles. The van der Waals surface area contributed by atoms with E-state index in [9.17, 15) is 13.2 Å². The van der Waals surface area contributed by atoms with Gasteiger partial charge in [0.05, 0.1) is 5.56 Å². The zero-order chi connectivity index (χ0) is 13.8. The monoisotopic (exact) mass is 279 g/mol. The summed E-state index contributed by atoms with van der Waals surface area (Å²) in [7, 11) is 0. The predicted octanol–water partition coefficient (Wildman–Crippen LogP) is 4.94. The van der Waals surface area contributed by atoms with Gasteiger partial charge in [-0.3, -0.25) is 0 Å². The van der Waals surface area contributed by atoms with Gasteiger partial charge in [-0.2, -0.15) is 13.2 Å².